The fourth-order valence-corrected chi connectivity index (χ4v) is 1.39. The molecule has 0 spiro atoms. The molecular formula is C10H12BrNO2. The summed E-state index contributed by atoms with van der Waals surface area (Å²) in [5, 5.41) is 0. The molecule has 0 aliphatic rings. The molecule has 76 valence electrons. The smallest absolute Gasteiger partial charge is 0.254 e. The Labute approximate surface area is 91.4 Å². The van der Waals surface area contributed by atoms with E-state index in [0.717, 1.165) is 10.0 Å². The molecule has 0 radical (unpaired) electrons. The Morgan fingerprint density at radius 1 is 1.43 bits per heavy atom. The fraction of sp³-hybridized carbons (Fsp3) is 0.300. The van der Waals surface area contributed by atoms with E-state index in [1.54, 1.807) is 19.1 Å². The molecule has 0 saturated heterocycles. The van der Waals surface area contributed by atoms with Crippen molar-refractivity contribution >= 4 is 21.8 Å². The molecule has 1 rings (SSSR count). The first-order valence-corrected chi connectivity index (χ1v) is 4.91. The molecule has 0 heterocycles. The second kappa shape index (κ2) is 4.11. The summed E-state index contributed by atoms with van der Waals surface area (Å²) >= 11 is 3.31. The third kappa shape index (κ3) is 1.96. The van der Waals surface area contributed by atoms with Crippen molar-refractivity contribution in [3.8, 4) is 0 Å². The zero-order chi connectivity index (χ0) is 10.8. The summed E-state index contributed by atoms with van der Waals surface area (Å²) in [5.74, 6) is -0.498. The van der Waals surface area contributed by atoms with Crippen LogP contribution in [-0.2, 0) is 15.1 Å². The Kier molecular flexibility index (Phi) is 3.29. The summed E-state index contributed by atoms with van der Waals surface area (Å²) in [4.78, 5) is 11.2. The van der Waals surface area contributed by atoms with E-state index in [4.69, 9.17) is 10.5 Å². The fourth-order valence-electron chi connectivity index (χ4n) is 1.13. The number of primary amides is 1. The summed E-state index contributed by atoms with van der Waals surface area (Å²) in [7, 11) is 1.47. The summed E-state index contributed by atoms with van der Waals surface area (Å²) in [6, 6.07) is 7.29. The first kappa shape index (κ1) is 11.2. The van der Waals surface area contributed by atoms with Crippen molar-refractivity contribution < 1.29 is 9.53 Å². The Hall–Kier alpha value is -0.870. The van der Waals surface area contributed by atoms with Gasteiger partial charge in [-0.05, 0) is 24.6 Å². The molecule has 1 unspecified atom stereocenters. The molecule has 3 nitrogen and oxygen atoms in total. The highest BCUT2D eigenvalue weighted by Crippen LogP contribution is 2.25. The van der Waals surface area contributed by atoms with Crippen molar-refractivity contribution in [2.75, 3.05) is 7.11 Å². The highest BCUT2D eigenvalue weighted by atomic mass is 79.9. The lowest BCUT2D eigenvalue weighted by Crippen LogP contribution is -2.40. The largest absolute Gasteiger partial charge is 0.367 e. The minimum atomic E-state index is -1.05. The van der Waals surface area contributed by atoms with Crippen molar-refractivity contribution in [3.05, 3.63) is 34.3 Å². The number of carbonyl (C=O) groups excluding carboxylic acids is 1. The average Bonchev–Trinajstić information content (AvgIpc) is 2.17. The number of carbonyl (C=O) groups is 1. The van der Waals surface area contributed by atoms with Crippen molar-refractivity contribution in [3.63, 3.8) is 0 Å². The summed E-state index contributed by atoms with van der Waals surface area (Å²) in [6.07, 6.45) is 0. The number of hydrogen-bond donors (Lipinski definition) is 1. The van der Waals surface area contributed by atoms with Crippen LogP contribution in [0.1, 0.15) is 12.5 Å². The monoisotopic (exact) mass is 257 g/mol. The summed E-state index contributed by atoms with van der Waals surface area (Å²) < 4.78 is 6.08. The number of methoxy groups -OCH3 is 1. The molecule has 14 heavy (non-hydrogen) atoms. The number of rotatable bonds is 3. The zero-order valence-corrected chi connectivity index (χ0v) is 9.67. The second-order valence-corrected chi connectivity index (χ2v) is 4.02. The van der Waals surface area contributed by atoms with Gasteiger partial charge in [0.2, 0.25) is 0 Å². The molecule has 0 fully saturated rings. The van der Waals surface area contributed by atoms with Gasteiger partial charge in [0.05, 0.1) is 0 Å². The third-order valence-electron chi connectivity index (χ3n) is 2.27. The van der Waals surface area contributed by atoms with E-state index in [-0.39, 0.29) is 0 Å². The maximum atomic E-state index is 11.2. The number of amides is 1. The van der Waals surface area contributed by atoms with E-state index in [0.29, 0.717) is 0 Å². The van der Waals surface area contributed by atoms with Crippen molar-refractivity contribution in [1.82, 2.24) is 0 Å². The van der Waals surface area contributed by atoms with Gasteiger partial charge < -0.3 is 10.5 Å². The van der Waals surface area contributed by atoms with E-state index < -0.39 is 11.5 Å². The van der Waals surface area contributed by atoms with Gasteiger partial charge in [-0.15, -0.1) is 0 Å². The van der Waals surface area contributed by atoms with Crippen LogP contribution in [0.2, 0.25) is 0 Å². The zero-order valence-electron chi connectivity index (χ0n) is 8.08. The number of ether oxygens (including phenoxy) is 1. The van der Waals surface area contributed by atoms with Crippen LogP contribution in [0.4, 0.5) is 0 Å². The van der Waals surface area contributed by atoms with Crippen LogP contribution in [0, 0.1) is 0 Å². The van der Waals surface area contributed by atoms with Gasteiger partial charge in [0, 0.05) is 11.6 Å². The lowest BCUT2D eigenvalue weighted by Gasteiger charge is -2.24. The maximum Gasteiger partial charge on any atom is 0.254 e. The van der Waals surface area contributed by atoms with Gasteiger partial charge >= 0.3 is 0 Å². The number of benzene rings is 1. The van der Waals surface area contributed by atoms with Gasteiger partial charge in [0.15, 0.2) is 5.60 Å². The van der Waals surface area contributed by atoms with Gasteiger partial charge in [-0.3, -0.25) is 4.79 Å². The van der Waals surface area contributed by atoms with Crippen LogP contribution in [0.3, 0.4) is 0 Å². The third-order valence-corrected chi connectivity index (χ3v) is 2.80. The molecule has 0 aliphatic heterocycles. The van der Waals surface area contributed by atoms with E-state index in [1.165, 1.54) is 7.11 Å². The van der Waals surface area contributed by atoms with Gasteiger partial charge in [0.25, 0.3) is 5.91 Å². The number of nitrogens with two attached hydrogens (primary N) is 1. The van der Waals surface area contributed by atoms with Crippen molar-refractivity contribution in [2.45, 2.75) is 12.5 Å². The van der Waals surface area contributed by atoms with E-state index in [2.05, 4.69) is 15.9 Å². The lowest BCUT2D eigenvalue weighted by atomic mass is 9.95. The minimum absolute atomic E-state index is 0.498. The summed E-state index contributed by atoms with van der Waals surface area (Å²) in [6.45, 7) is 1.65. The predicted octanol–water partition coefficient (Wildman–Crippen LogP) is 1.80. The molecule has 0 aliphatic carbocycles. The first-order chi connectivity index (χ1) is 6.50. The van der Waals surface area contributed by atoms with Gasteiger partial charge in [-0.1, -0.05) is 28.1 Å². The molecule has 0 aromatic heterocycles. The van der Waals surface area contributed by atoms with Gasteiger partial charge in [0.1, 0.15) is 0 Å². The Morgan fingerprint density at radius 3 is 2.29 bits per heavy atom. The van der Waals surface area contributed by atoms with Gasteiger partial charge in [-0.2, -0.15) is 0 Å². The van der Waals surface area contributed by atoms with Gasteiger partial charge in [-0.25, -0.2) is 0 Å². The van der Waals surface area contributed by atoms with E-state index in [9.17, 15) is 4.79 Å². The van der Waals surface area contributed by atoms with Crippen LogP contribution in [-0.4, -0.2) is 13.0 Å². The Balaban J connectivity index is 3.13. The molecule has 0 saturated carbocycles. The highest BCUT2D eigenvalue weighted by molar-refractivity contribution is 9.10. The van der Waals surface area contributed by atoms with Crippen LogP contribution in [0.25, 0.3) is 0 Å². The van der Waals surface area contributed by atoms with E-state index >= 15 is 0 Å². The van der Waals surface area contributed by atoms with Crippen molar-refractivity contribution in [2.24, 2.45) is 5.73 Å². The SMILES string of the molecule is COC(C)(C(N)=O)c1ccc(Br)cc1. The minimum Gasteiger partial charge on any atom is -0.367 e. The molecule has 1 aromatic carbocycles. The van der Waals surface area contributed by atoms with E-state index in [1.807, 2.05) is 12.1 Å². The predicted molar refractivity (Wildman–Crippen MR) is 57.7 cm³/mol. The standard InChI is InChI=1S/C10H12BrNO2/c1-10(14-2,9(12)13)7-3-5-8(11)6-4-7/h3-6H,1-2H3,(H2,12,13). The number of halogens is 1. The molecular weight excluding hydrogens is 246 g/mol. The molecule has 2 N–H and O–H groups in total. The quantitative estimate of drug-likeness (QED) is 0.898. The Morgan fingerprint density at radius 2 is 1.93 bits per heavy atom. The molecule has 4 heteroatoms. The second-order valence-electron chi connectivity index (χ2n) is 3.11. The average molecular weight is 258 g/mol. The van der Waals surface area contributed by atoms with Crippen LogP contribution in [0.5, 0.6) is 0 Å². The highest BCUT2D eigenvalue weighted by Gasteiger charge is 2.32. The van der Waals surface area contributed by atoms with Crippen LogP contribution in [0.15, 0.2) is 28.7 Å². The van der Waals surface area contributed by atoms with Crippen LogP contribution < -0.4 is 5.73 Å². The summed E-state index contributed by atoms with van der Waals surface area (Å²) in [5.41, 5.74) is 4.97. The molecule has 1 amide bonds. The van der Waals surface area contributed by atoms with Crippen LogP contribution >= 0.6 is 15.9 Å². The molecule has 0 bridgehead atoms. The molecule has 1 aromatic rings. The Bertz CT molecular complexity index is 336. The first-order valence-electron chi connectivity index (χ1n) is 4.12. The van der Waals surface area contributed by atoms with Crippen molar-refractivity contribution in [1.29, 1.82) is 0 Å². The number of hydrogen-bond acceptors (Lipinski definition) is 2. The molecule has 1 atom stereocenters. The topological polar surface area (TPSA) is 52.3 Å². The maximum absolute atomic E-state index is 11.2. The normalized spacial score (nSPS) is 14.8. The lowest BCUT2D eigenvalue weighted by molar-refractivity contribution is -0.139.